The quantitative estimate of drug-likeness (QED) is 0.661. The Kier molecular flexibility index (Phi) is 4.98. The summed E-state index contributed by atoms with van der Waals surface area (Å²) in [5, 5.41) is 2.90. The van der Waals surface area contributed by atoms with E-state index in [4.69, 9.17) is 0 Å². The summed E-state index contributed by atoms with van der Waals surface area (Å²) in [6.45, 7) is 3.57. The number of nitrogens with one attached hydrogen (secondary N) is 1. The molecule has 1 amide bonds. The number of Topliss-reactive ketones (excluding diaryl/α,β-unsaturated/α-hetero) is 1. The first-order chi connectivity index (χ1) is 9.61. The summed E-state index contributed by atoms with van der Waals surface area (Å²) in [6, 6.07) is 11.1. The van der Waals surface area contributed by atoms with E-state index < -0.39 is 0 Å². The Hall–Kier alpha value is -1.59. The summed E-state index contributed by atoms with van der Waals surface area (Å²) >= 11 is 2.90. The average Bonchev–Trinajstić information content (AvgIpc) is 2.91. The van der Waals surface area contributed by atoms with E-state index in [-0.39, 0.29) is 11.7 Å². The highest BCUT2D eigenvalue weighted by Crippen LogP contribution is 2.27. The third-order valence-corrected chi connectivity index (χ3v) is 4.75. The normalized spacial score (nSPS) is 10.3. The van der Waals surface area contributed by atoms with E-state index >= 15 is 0 Å². The highest BCUT2D eigenvalue weighted by atomic mass is 32.2. The Morgan fingerprint density at radius 1 is 1.15 bits per heavy atom. The van der Waals surface area contributed by atoms with E-state index in [0.29, 0.717) is 9.75 Å². The van der Waals surface area contributed by atoms with Crippen LogP contribution in [0.1, 0.15) is 33.2 Å². The molecule has 0 bridgehead atoms. The van der Waals surface area contributed by atoms with Gasteiger partial charge in [-0.1, -0.05) is 19.1 Å². The van der Waals surface area contributed by atoms with Gasteiger partial charge in [-0.25, -0.2) is 0 Å². The van der Waals surface area contributed by atoms with E-state index in [1.807, 2.05) is 24.3 Å². The molecule has 0 aliphatic heterocycles. The molecular weight excluding hydrogens is 290 g/mol. The van der Waals surface area contributed by atoms with E-state index in [9.17, 15) is 9.59 Å². The van der Waals surface area contributed by atoms with E-state index in [2.05, 4.69) is 12.2 Å². The Morgan fingerprint density at radius 3 is 2.50 bits per heavy atom. The minimum Gasteiger partial charge on any atom is -0.320 e. The first kappa shape index (κ1) is 14.8. The molecule has 3 nitrogen and oxygen atoms in total. The fourth-order valence-electron chi connectivity index (χ4n) is 1.68. The molecule has 2 rings (SSSR count). The zero-order valence-corrected chi connectivity index (χ0v) is 12.9. The molecule has 0 fully saturated rings. The number of amides is 1. The van der Waals surface area contributed by atoms with Crippen LogP contribution in [-0.4, -0.2) is 17.4 Å². The van der Waals surface area contributed by atoms with Gasteiger partial charge in [-0.15, -0.1) is 23.1 Å². The van der Waals surface area contributed by atoms with Crippen LogP contribution in [0.15, 0.2) is 41.3 Å². The van der Waals surface area contributed by atoms with Crippen LogP contribution in [0.2, 0.25) is 0 Å². The lowest BCUT2D eigenvalue weighted by Crippen LogP contribution is -2.10. The van der Waals surface area contributed by atoms with Crippen LogP contribution in [-0.2, 0) is 0 Å². The third-order valence-electron chi connectivity index (χ3n) is 2.61. The summed E-state index contributed by atoms with van der Waals surface area (Å²) in [5.41, 5.74) is 0.808. The monoisotopic (exact) mass is 305 g/mol. The molecule has 0 aliphatic carbocycles. The van der Waals surface area contributed by atoms with Gasteiger partial charge in [0.25, 0.3) is 5.91 Å². The number of carbonyl (C=O) groups excluding carboxylic acids is 2. The summed E-state index contributed by atoms with van der Waals surface area (Å²) in [5.74, 6) is 0.753. The highest BCUT2D eigenvalue weighted by molar-refractivity contribution is 7.99. The molecule has 1 aromatic heterocycles. The van der Waals surface area contributed by atoms with Crippen molar-refractivity contribution in [1.29, 1.82) is 0 Å². The molecule has 20 heavy (non-hydrogen) atoms. The summed E-state index contributed by atoms with van der Waals surface area (Å²) in [7, 11) is 0. The number of hydrogen-bond donors (Lipinski definition) is 1. The van der Waals surface area contributed by atoms with Gasteiger partial charge in [0.05, 0.1) is 15.4 Å². The van der Waals surface area contributed by atoms with Crippen molar-refractivity contribution in [3.05, 3.63) is 46.2 Å². The molecule has 1 aromatic carbocycles. The van der Waals surface area contributed by atoms with E-state index in [0.717, 1.165) is 16.3 Å². The second kappa shape index (κ2) is 6.72. The second-order valence-corrected chi connectivity index (χ2v) is 6.49. The molecular formula is C15H15NO2S2. The lowest BCUT2D eigenvalue weighted by Gasteiger charge is -2.08. The van der Waals surface area contributed by atoms with Gasteiger partial charge in [-0.2, -0.15) is 0 Å². The smallest absolute Gasteiger partial charge is 0.265 e. The SMILES string of the molecule is CCSc1ccccc1NC(=O)c1ccc(C(C)=O)s1. The third kappa shape index (κ3) is 3.49. The maximum Gasteiger partial charge on any atom is 0.265 e. The van der Waals surface area contributed by atoms with Gasteiger partial charge in [-0.05, 0) is 36.9 Å². The number of thioether (sulfide) groups is 1. The number of carbonyl (C=O) groups is 2. The van der Waals surface area contributed by atoms with Crippen molar-refractivity contribution in [3.63, 3.8) is 0 Å². The van der Waals surface area contributed by atoms with Crippen molar-refractivity contribution in [3.8, 4) is 0 Å². The largest absolute Gasteiger partial charge is 0.320 e. The zero-order valence-electron chi connectivity index (χ0n) is 11.3. The highest BCUT2D eigenvalue weighted by Gasteiger charge is 2.13. The fourth-order valence-corrected chi connectivity index (χ4v) is 3.24. The Balaban J connectivity index is 2.16. The topological polar surface area (TPSA) is 46.2 Å². The van der Waals surface area contributed by atoms with Crippen LogP contribution in [0.3, 0.4) is 0 Å². The molecule has 0 radical (unpaired) electrons. The van der Waals surface area contributed by atoms with Crippen molar-refractivity contribution in [2.45, 2.75) is 18.7 Å². The van der Waals surface area contributed by atoms with Crippen molar-refractivity contribution in [2.75, 3.05) is 11.1 Å². The van der Waals surface area contributed by atoms with Gasteiger partial charge in [0.1, 0.15) is 0 Å². The van der Waals surface area contributed by atoms with Crippen LogP contribution in [0.4, 0.5) is 5.69 Å². The molecule has 0 saturated carbocycles. The van der Waals surface area contributed by atoms with Gasteiger partial charge in [0.2, 0.25) is 0 Å². The van der Waals surface area contributed by atoms with Crippen molar-refractivity contribution in [1.82, 2.24) is 0 Å². The summed E-state index contributed by atoms with van der Waals surface area (Å²) in [6.07, 6.45) is 0. The molecule has 0 aliphatic rings. The Bertz CT molecular complexity index is 634. The van der Waals surface area contributed by atoms with Crippen molar-refractivity contribution in [2.24, 2.45) is 0 Å². The van der Waals surface area contributed by atoms with Crippen LogP contribution < -0.4 is 5.32 Å². The molecule has 104 valence electrons. The van der Waals surface area contributed by atoms with Crippen LogP contribution in [0.25, 0.3) is 0 Å². The number of hydrogen-bond acceptors (Lipinski definition) is 4. The minimum absolute atomic E-state index is 0.0176. The van der Waals surface area contributed by atoms with Gasteiger partial charge in [-0.3, -0.25) is 9.59 Å². The van der Waals surface area contributed by atoms with Crippen molar-refractivity contribution >= 4 is 40.5 Å². The molecule has 2 aromatic rings. The molecule has 0 atom stereocenters. The Morgan fingerprint density at radius 2 is 1.85 bits per heavy atom. The second-order valence-electron chi connectivity index (χ2n) is 4.10. The zero-order chi connectivity index (χ0) is 14.5. The molecule has 1 N–H and O–H groups in total. The van der Waals surface area contributed by atoms with Crippen LogP contribution >= 0.6 is 23.1 Å². The predicted molar refractivity (Wildman–Crippen MR) is 85.1 cm³/mol. The Labute approximate surface area is 126 Å². The summed E-state index contributed by atoms with van der Waals surface area (Å²) in [4.78, 5) is 25.6. The number of benzene rings is 1. The molecule has 0 spiro atoms. The standard InChI is InChI=1S/C15H15NO2S2/c1-3-19-13-7-5-4-6-11(13)16-15(18)14-9-8-12(20-14)10(2)17/h4-9H,3H2,1-2H3,(H,16,18). The van der Waals surface area contributed by atoms with Crippen LogP contribution in [0.5, 0.6) is 0 Å². The first-order valence-electron chi connectivity index (χ1n) is 6.25. The number of ketones is 1. The number of rotatable bonds is 5. The number of thiophene rings is 1. The van der Waals surface area contributed by atoms with E-state index in [1.54, 1.807) is 23.9 Å². The maximum absolute atomic E-state index is 12.2. The minimum atomic E-state index is -0.174. The number of anilines is 1. The van der Waals surface area contributed by atoms with E-state index in [1.165, 1.54) is 18.3 Å². The predicted octanol–water partition coefficient (Wildman–Crippen LogP) is 4.32. The van der Waals surface area contributed by atoms with Gasteiger partial charge in [0, 0.05) is 4.90 Å². The number of para-hydroxylation sites is 1. The molecule has 0 saturated heterocycles. The molecule has 1 heterocycles. The van der Waals surface area contributed by atoms with Gasteiger partial charge in [0.15, 0.2) is 5.78 Å². The van der Waals surface area contributed by atoms with Gasteiger partial charge >= 0.3 is 0 Å². The fraction of sp³-hybridized carbons (Fsp3) is 0.200. The molecule has 5 heteroatoms. The first-order valence-corrected chi connectivity index (χ1v) is 8.06. The maximum atomic E-state index is 12.2. The lowest BCUT2D eigenvalue weighted by molar-refractivity contribution is 0.101. The average molecular weight is 305 g/mol. The summed E-state index contributed by atoms with van der Waals surface area (Å²) < 4.78 is 0. The van der Waals surface area contributed by atoms with Crippen molar-refractivity contribution < 1.29 is 9.59 Å². The lowest BCUT2D eigenvalue weighted by atomic mass is 10.3. The van der Waals surface area contributed by atoms with Crippen LogP contribution in [0, 0.1) is 0 Å². The van der Waals surface area contributed by atoms with Gasteiger partial charge < -0.3 is 5.32 Å². The molecule has 0 unspecified atom stereocenters.